The quantitative estimate of drug-likeness (QED) is 0.694. The second-order valence-electron chi connectivity index (χ2n) is 3.52. The number of carbonyl (C=O) groups is 1. The Labute approximate surface area is 78.0 Å². The van der Waals surface area contributed by atoms with E-state index in [0.717, 1.165) is 6.42 Å². The van der Waals surface area contributed by atoms with Crippen molar-refractivity contribution < 1.29 is 4.79 Å². The molecule has 0 spiro atoms. The lowest BCUT2D eigenvalue weighted by atomic mass is 10.0. The predicted molar refractivity (Wildman–Crippen MR) is 51.3 cm³/mol. The van der Waals surface area contributed by atoms with E-state index in [1.807, 2.05) is 12.1 Å². The van der Waals surface area contributed by atoms with Gasteiger partial charge in [0.1, 0.15) is 0 Å². The number of aryl methyl sites for hydroxylation is 1. The van der Waals surface area contributed by atoms with Gasteiger partial charge in [-0.1, -0.05) is 24.3 Å². The van der Waals surface area contributed by atoms with E-state index in [4.69, 9.17) is 0 Å². The van der Waals surface area contributed by atoms with Crippen LogP contribution >= 0.6 is 0 Å². The molecule has 0 saturated carbocycles. The summed E-state index contributed by atoms with van der Waals surface area (Å²) in [6.07, 6.45) is 1.60. The van der Waals surface area contributed by atoms with Crippen LogP contribution in [0.5, 0.6) is 0 Å². The van der Waals surface area contributed by atoms with Gasteiger partial charge in [-0.3, -0.25) is 4.79 Å². The van der Waals surface area contributed by atoms with Crippen molar-refractivity contribution in [1.29, 1.82) is 0 Å². The van der Waals surface area contributed by atoms with E-state index in [1.165, 1.54) is 11.1 Å². The zero-order valence-corrected chi connectivity index (χ0v) is 7.71. The van der Waals surface area contributed by atoms with Gasteiger partial charge in [0.05, 0.1) is 6.04 Å². The van der Waals surface area contributed by atoms with Crippen LogP contribution < -0.4 is 5.32 Å². The second-order valence-corrected chi connectivity index (χ2v) is 3.52. The molecule has 0 bridgehead atoms. The Kier molecular flexibility index (Phi) is 2.05. The summed E-state index contributed by atoms with van der Waals surface area (Å²) in [7, 11) is 0. The van der Waals surface area contributed by atoms with Crippen molar-refractivity contribution in [2.75, 3.05) is 0 Å². The van der Waals surface area contributed by atoms with Crippen LogP contribution in [0.1, 0.15) is 30.0 Å². The summed E-state index contributed by atoms with van der Waals surface area (Å²) in [6.45, 7) is 2.08. The van der Waals surface area contributed by atoms with Gasteiger partial charge in [0.25, 0.3) is 0 Å². The summed E-state index contributed by atoms with van der Waals surface area (Å²) in [5.74, 6) is 0.174. The number of rotatable bonds is 1. The second kappa shape index (κ2) is 3.21. The van der Waals surface area contributed by atoms with Gasteiger partial charge < -0.3 is 5.32 Å². The van der Waals surface area contributed by atoms with E-state index in [1.54, 1.807) is 0 Å². The zero-order valence-electron chi connectivity index (χ0n) is 7.71. The number of carbonyl (C=O) groups excluding carboxylic acids is 1. The molecule has 0 radical (unpaired) electrons. The highest BCUT2D eigenvalue weighted by Gasteiger charge is 2.22. The molecule has 0 unspecified atom stereocenters. The van der Waals surface area contributed by atoms with Crippen LogP contribution in [-0.2, 0) is 4.79 Å². The Balaban J connectivity index is 2.26. The minimum atomic E-state index is 0.174. The smallest absolute Gasteiger partial charge is 0.220 e. The predicted octanol–water partition coefficient (Wildman–Crippen LogP) is 1.95. The summed E-state index contributed by atoms with van der Waals surface area (Å²) in [6, 6.07) is 8.46. The number of nitrogens with one attached hydrogen (secondary N) is 1. The molecule has 0 aliphatic carbocycles. The van der Waals surface area contributed by atoms with Crippen molar-refractivity contribution in [3.8, 4) is 0 Å². The minimum Gasteiger partial charge on any atom is -0.349 e. The third-order valence-electron chi connectivity index (χ3n) is 2.56. The molecule has 2 heteroatoms. The maximum atomic E-state index is 11.0. The first-order chi connectivity index (χ1) is 6.27. The van der Waals surface area contributed by atoms with Gasteiger partial charge in [0.2, 0.25) is 5.91 Å². The molecule has 1 aliphatic rings. The minimum absolute atomic E-state index is 0.174. The highest BCUT2D eigenvalue weighted by Crippen LogP contribution is 2.25. The molecule has 1 fully saturated rings. The lowest BCUT2D eigenvalue weighted by Crippen LogP contribution is -2.18. The lowest BCUT2D eigenvalue weighted by molar-refractivity contribution is -0.119. The maximum Gasteiger partial charge on any atom is 0.220 e. The Morgan fingerprint density at radius 2 is 2.15 bits per heavy atom. The van der Waals surface area contributed by atoms with Crippen molar-refractivity contribution in [3.05, 3.63) is 35.4 Å². The van der Waals surface area contributed by atoms with Crippen LogP contribution in [0.15, 0.2) is 24.3 Å². The Morgan fingerprint density at radius 1 is 1.38 bits per heavy atom. The van der Waals surface area contributed by atoms with Gasteiger partial charge in [-0.15, -0.1) is 0 Å². The van der Waals surface area contributed by atoms with E-state index in [9.17, 15) is 4.79 Å². The van der Waals surface area contributed by atoms with E-state index < -0.39 is 0 Å². The van der Waals surface area contributed by atoms with Crippen LogP contribution in [0.25, 0.3) is 0 Å². The van der Waals surface area contributed by atoms with E-state index in [-0.39, 0.29) is 11.9 Å². The lowest BCUT2D eigenvalue weighted by Gasteiger charge is -2.12. The van der Waals surface area contributed by atoms with Gasteiger partial charge in [-0.05, 0) is 24.5 Å². The Bertz CT molecular complexity index is 333. The maximum absolute atomic E-state index is 11.0. The summed E-state index contributed by atoms with van der Waals surface area (Å²) >= 11 is 0. The average Bonchev–Trinajstić information content (AvgIpc) is 2.53. The molecule has 1 heterocycles. The first kappa shape index (κ1) is 8.30. The fourth-order valence-electron chi connectivity index (χ4n) is 1.83. The van der Waals surface area contributed by atoms with Crippen LogP contribution in [0, 0.1) is 6.92 Å². The zero-order chi connectivity index (χ0) is 9.26. The monoisotopic (exact) mass is 175 g/mol. The van der Waals surface area contributed by atoms with Crippen LogP contribution in [-0.4, -0.2) is 5.91 Å². The number of benzene rings is 1. The molecular formula is C11H13NO. The summed E-state index contributed by atoms with van der Waals surface area (Å²) in [5, 5.41) is 2.97. The van der Waals surface area contributed by atoms with Crippen molar-refractivity contribution in [2.24, 2.45) is 0 Å². The van der Waals surface area contributed by atoms with Gasteiger partial charge in [-0.25, -0.2) is 0 Å². The van der Waals surface area contributed by atoms with E-state index in [0.29, 0.717) is 6.42 Å². The van der Waals surface area contributed by atoms with Gasteiger partial charge in [0.15, 0.2) is 0 Å². The number of amides is 1. The van der Waals surface area contributed by atoms with E-state index in [2.05, 4.69) is 24.4 Å². The average molecular weight is 175 g/mol. The third kappa shape index (κ3) is 1.57. The molecular weight excluding hydrogens is 162 g/mol. The third-order valence-corrected chi connectivity index (χ3v) is 2.56. The molecule has 1 atom stereocenters. The molecule has 1 N–H and O–H groups in total. The fourth-order valence-corrected chi connectivity index (χ4v) is 1.83. The summed E-state index contributed by atoms with van der Waals surface area (Å²) in [4.78, 5) is 11.0. The summed E-state index contributed by atoms with van der Waals surface area (Å²) in [5.41, 5.74) is 2.52. The van der Waals surface area contributed by atoms with Crippen molar-refractivity contribution >= 4 is 5.91 Å². The summed E-state index contributed by atoms with van der Waals surface area (Å²) < 4.78 is 0. The van der Waals surface area contributed by atoms with Gasteiger partial charge >= 0.3 is 0 Å². The van der Waals surface area contributed by atoms with Crippen LogP contribution in [0.2, 0.25) is 0 Å². The van der Waals surface area contributed by atoms with E-state index >= 15 is 0 Å². The molecule has 68 valence electrons. The topological polar surface area (TPSA) is 29.1 Å². The first-order valence-electron chi connectivity index (χ1n) is 4.62. The van der Waals surface area contributed by atoms with Gasteiger partial charge in [-0.2, -0.15) is 0 Å². The number of hydrogen-bond acceptors (Lipinski definition) is 1. The number of hydrogen-bond donors (Lipinski definition) is 1. The highest BCUT2D eigenvalue weighted by molar-refractivity contribution is 5.78. The highest BCUT2D eigenvalue weighted by atomic mass is 16.1. The fraction of sp³-hybridized carbons (Fsp3) is 0.364. The Hall–Kier alpha value is -1.31. The molecule has 2 nitrogen and oxygen atoms in total. The molecule has 0 aromatic heterocycles. The molecule has 2 rings (SSSR count). The standard InChI is InChI=1S/C11H13NO/c1-8-4-2-3-5-9(8)10-6-7-11(13)12-10/h2-5,10H,6-7H2,1H3,(H,12,13)/t10-/m0/s1. The van der Waals surface area contributed by atoms with Crippen molar-refractivity contribution in [1.82, 2.24) is 5.32 Å². The van der Waals surface area contributed by atoms with Gasteiger partial charge in [0, 0.05) is 6.42 Å². The van der Waals surface area contributed by atoms with Crippen molar-refractivity contribution in [2.45, 2.75) is 25.8 Å². The molecule has 13 heavy (non-hydrogen) atoms. The molecule has 1 aromatic carbocycles. The SMILES string of the molecule is Cc1ccccc1[C@@H]1CCC(=O)N1. The van der Waals surface area contributed by atoms with Crippen molar-refractivity contribution in [3.63, 3.8) is 0 Å². The molecule has 1 saturated heterocycles. The largest absolute Gasteiger partial charge is 0.349 e. The first-order valence-corrected chi connectivity index (χ1v) is 4.62. The molecule has 1 aromatic rings. The normalized spacial score (nSPS) is 21.6. The van der Waals surface area contributed by atoms with Crippen LogP contribution in [0.3, 0.4) is 0 Å². The molecule has 1 aliphatic heterocycles. The van der Waals surface area contributed by atoms with Crippen LogP contribution in [0.4, 0.5) is 0 Å². The molecule has 1 amide bonds. The Morgan fingerprint density at radius 3 is 2.77 bits per heavy atom.